The van der Waals surface area contributed by atoms with Crippen LogP contribution in [-0.4, -0.2) is 41.8 Å². The molecule has 1 amide bonds. The summed E-state index contributed by atoms with van der Waals surface area (Å²) < 4.78 is 5.05. The van der Waals surface area contributed by atoms with Crippen LogP contribution in [0.4, 0.5) is 0 Å². The molecule has 0 heterocycles. The van der Waals surface area contributed by atoms with Crippen LogP contribution >= 0.6 is 0 Å². The van der Waals surface area contributed by atoms with E-state index in [-0.39, 0.29) is 30.1 Å². The lowest BCUT2D eigenvalue weighted by atomic mass is 10.1. The van der Waals surface area contributed by atoms with Crippen molar-refractivity contribution < 1.29 is 24.2 Å². The minimum absolute atomic E-state index is 0.0970. The molecule has 0 aliphatic carbocycles. The maximum Gasteiger partial charge on any atom is 0.335 e. The van der Waals surface area contributed by atoms with Gasteiger partial charge in [-0.2, -0.15) is 0 Å². The molecule has 0 unspecified atom stereocenters. The molecule has 6 nitrogen and oxygen atoms in total. The molecule has 0 aliphatic rings. The summed E-state index contributed by atoms with van der Waals surface area (Å²) in [4.78, 5) is 36.7. The molecular formula is C20H21NO5. The number of carbonyl (C=O) groups excluding carboxylic acids is 2. The van der Waals surface area contributed by atoms with Crippen molar-refractivity contribution in [3.63, 3.8) is 0 Å². The Kier molecular flexibility index (Phi) is 6.49. The van der Waals surface area contributed by atoms with Crippen LogP contribution in [0.15, 0.2) is 48.5 Å². The Bertz CT molecular complexity index is 781. The number of methoxy groups -OCH3 is 1. The molecule has 1 N–H and O–H groups in total. The molecule has 2 aromatic rings. The van der Waals surface area contributed by atoms with Gasteiger partial charge >= 0.3 is 5.97 Å². The van der Waals surface area contributed by atoms with E-state index in [2.05, 4.69) is 0 Å². The summed E-state index contributed by atoms with van der Waals surface area (Å²) in [6.45, 7) is 0.357. The number of Topliss-reactive ketones (excluding diaryl/α,β-unsaturated/α-hetero) is 1. The van der Waals surface area contributed by atoms with Gasteiger partial charge in [0.1, 0.15) is 5.75 Å². The highest BCUT2D eigenvalue weighted by molar-refractivity contribution is 5.98. The minimum Gasteiger partial charge on any atom is -0.497 e. The van der Waals surface area contributed by atoms with Crippen molar-refractivity contribution in [2.24, 2.45) is 0 Å². The van der Waals surface area contributed by atoms with E-state index in [1.54, 1.807) is 50.6 Å². The summed E-state index contributed by atoms with van der Waals surface area (Å²) in [6, 6.07) is 13.1. The highest BCUT2D eigenvalue weighted by Crippen LogP contribution is 2.14. The van der Waals surface area contributed by atoms with E-state index in [9.17, 15) is 14.4 Å². The number of ketones is 1. The largest absolute Gasteiger partial charge is 0.497 e. The third kappa shape index (κ3) is 5.17. The van der Waals surface area contributed by atoms with Gasteiger partial charge in [-0.15, -0.1) is 0 Å². The van der Waals surface area contributed by atoms with Gasteiger partial charge in [-0.1, -0.05) is 12.1 Å². The third-order valence-corrected chi connectivity index (χ3v) is 4.02. The van der Waals surface area contributed by atoms with E-state index in [1.807, 2.05) is 0 Å². The Morgan fingerprint density at radius 2 is 1.50 bits per heavy atom. The average molecular weight is 355 g/mol. The molecule has 0 aromatic heterocycles. The summed E-state index contributed by atoms with van der Waals surface area (Å²) in [5.74, 6) is -0.557. The van der Waals surface area contributed by atoms with Crippen molar-refractivity contribution in [3.8, 4) is 5.75 Å². The van der Waals surface area contributed by atoms with Crippen LogP contribution in [0.1, 0.15) is 39.1 Å². The number of nitrogens with zero attached hydrogens (tertiary/aromatic N) is 1. The van der Waals surface area contributed by atoms with E-state index >= 15 is 0 Å². The Labute approximate surface area is 152 Å². The first-order valence-corrected chi connectivity index (χ1v) is 8.14. The number of aromatic carboxylic acids is 1. The Morgan fingerprint density at radius 3 is 2.04 bits per heavy atom. The van der Waals surface area contributed by atoms with Gasteiger partial charge < -0.3 is 14.7 Å². The summed E-state index contributed by atoms with van der Waals surface area (Å²) in [6.07, 6.45) is 0.252. The second-order valence-electron chi connectivity index (χ2n) is 5.90. The number of carbonyl (C=O) groups is 3. The molecule has 0 atom stereocenters. The Balaban J connectivity index is 1.85. The SMILES string of the molecule is COc1ccc(C(=O)CCC(=O)N(C)Cc2ccc(C(=O)O)cc2)cc1. The van der Waals surface area contributed by atoms with E-state index in [0.717, 1.165) is 5.56 Å². The zero-order chi connectivity index (χ0) is 19.1. The fourth-order valence-electron chi connectivity index (χ4n) is 2.45. The number of hydrogen-bond donors (Lipinski definition) is 1. The minimum atomic E-state index is -0.988. The van der Waals surface area contributed by atoms with Crippen LogP contribution in [0.5, 0.6) is 5.75 Å². The van der Waals surface area contributed by atoms with E-state index in [1.165, 1.54) is 17.0 Å². The van der Waals surface area contributed by atoms with Crippen molar-refractivity contribution in [1.29, 1.82) is 0 Å². The molecule has 2 rings (SSSR count). The van der Waals surface area contributed by atoms with Crippen molar-refractivity contribution in [3.05, 3.63) is 65.2 Å². The van der Waals surface area contributed by atoms with Gasteiger partial charge in [-0.25, -0.2) is 4.79 Å². The maximum absolute atomic E-state index is 12.2. The van der Waals surface area contributed by atoms with Crippen LogP contribution in [0.25, 0.3) is 0 Å². The lowest BCUT2D eigenvalue weighted by Crippen LogP contribution is -2.26. The van der Waals surface area contributed by atoms with Crippen molar-refractivity contribution in [2.45, 2.75) is 19.4 Å². The molecule has 0 aliphatic heterocycles. The molecule has 0 fully saturated rings. The van der Waals surface area contributed by atoms with Gasteiger partial charge in [-0.3, -0.25) is 9.59 Å². The standard InChI is InChI=1S/C20H21NO5/c1-21(13-14-3-5-16(6-4-14)20(24)25)19(23)12-11-18(22)15-7-9-17(26-2)10-8-15/h3-10H,11-13H2,1-2H3,(H,24,25). The summed E-state index contributed by atoms with van der Waals surface area (Å²) in [5.41, 5.74) is 1.57. The number of rotatable bonds is 8. The van der Waals surface area contributed by atoms with Crippen LogP contribution < -0.4 is 4.74 Å². The third-order valence-electron chi connectivity index (χ3n) is 4.02. The quantitative estimate of drug-likeness (QED) is 0.736. The molecule has 0 radical (unpaired) electrons. The smallest absolute Gasteiger partial charge is 0.335 e. The summed E-state index contributed by atoms with van der Waals surface area (Å²) in [5, 5.41) is 8.89. The summed E-state index contributed by atoms with van der Waals surface area (Å²) in [7, 11) is 3.21. The van der Waals surface area contributed by atoms with E-state index in [0.29, 0.717) is 17.9 Å². The number of benzene rings is 2. The van der Waals surface area contributed by atoms with Gasteiger partial charge in [0.25, 0.3) is 0 Å². The fourth-order valence-corrected chi connectivity index (χ4v) is 2.45. The van der Waals surface area contributed by atoms with Gasteiger partial charge in [0, 0.05) is 32.0 Å². The number of hydrogen-bond acceptors (Lipinski definition) is 4. The average Bonchev–Trinajstić information content (AvgIpc) is 2.66. The first-order valence-electron chi connectivity index (χ1n) is 8.14. The topological polar surface area (TPSA) is 83.9 Å². The second-order valence-corrected chi connectivity index (χ2v) is 5.90. The fraction of sp³-hybridized carbons (Fsp3) is 0.250. The van der Waals surface area contributed by atoms with Gasteiger partial charge in [0.05, 0.1) is 12.7 Å². The number of amides is 1. The van der Waals surface area contributed by atoms with Gasteiger partial charge in [-0.05, 0) is 42.0 Å². The molecule has 0 saturated carbocycles. The van der Waals surface area contributed by atoms with Crippen LogP contribution in [0.3, 0.4) is 0 Å². The summed E-state index contributed by atoms with van der Waals surface area (Å²) >= 11 is 0. The molecule has 6 heteroatoms. The maximum atomic E-state index is 12.2. The highest BCUT2D eigenvalue weighted by atomic mass is 16.5. The first-order chi connectivity index (χ1) is 12.4. The van der Waals surface area contributed by atoms with Crippen LogP contribution in [0.2, 0.25) is 0 Å². The lowest BCUT2D eigenvalue weighted by Gasteiger charge is -2.17. The highest BCUT2D eigenvalue weighted by Gasteiger charge is 2.13. The first kappa shape index (κ1) is 19.2. The predicted molar refractivity (Wildman–Crippen MR) is 96.4 cm³/mol. The van der Waals surface area contributed by atoms with Crippen LogP contribution in [-0.2, 0) is 11.3 Å². The molecule has 0 spiro atoms. The van der Waals surface area contributed by atoms with Crippen molar-refractivity contribution >= 4 is 17.7 Å². The molecular weight excluding hydrogens is 334 g/mol. The number of carboxylic acids is 1. The van der Waals surface area contributed by atoms with E-state index in [4.69, 9.17) is 9.84 Å². The normalized spacial score (nSPS) is 10.2. The van der Waals surface area contributed by atoms with Crippen molar-refractivity contribution in [2.75, 3.05) is 14.2 Å². The van der Waals surface area contributed by atoms with Crippen molar-refractivity contribution in [1.82, 2.24) is 4.90 Å². The molecule has 0 bridgehead atoms. The second kappa shape index (κ2) is 8.80. The van der Waals surface area contributed by atoms with Gasteiger partial charge in [0.2, 0.25) is 5.91 Å². The van der Waals surface area contributed by atoms with Gasteiger partial charge in [0.15, 0.2) is 5.78 Å². The number of carboxylic acid groups (broad SMARTS) is 1. The predicted octanol–water partition coefficient (Wildman–Crippen LogP) is 3.01. The number of ether oxygens (including phenoxy) is 1. The van der Waals surface area contributed by atoms with E-state index < -0.39 is 5.97 Å². The molecule has 136 valence electrons. The Morgan fingerprint density at radius 1 is 0.923 bits per heavy atom. The zero-order valence-corrected chi connectivity index (χ0v) is 14.8. The molecule has 26 heavy (non-hydrogen) atoms. The zero-order valence-electron chi connectivity index (χ0n) is 14.8. The monoisotopic (exact) mass is 355 g/mol. The Hall–Kier alpha value is -3.15. The molecule has 0 saturated heterocycles. The lowest BCUT2D eigenvalue weighted by molar-refractivity contribution is -0.130. The molecule has 2 aromatic carbocycles. The van der Waals surface area contributed by atoms with Crippen LogP contribution in [0, 0.1) is 0 Å².